The molecule has 17 heteroatoms. The van der Waals surface area contributed by atoms with Gasteiger partial charge in [0.05, 0.1) is 31.3 Å². The maximum absolute atomic E-state index is 12.3. The predicted octanol–water partition coefficient (Wildman–Crippen LogP) is 8.75. The summed E-state index contributed by atoms with van der Waals surface area (Å²) in [6.07, 6.45) is 13.2. The van der Waals surface area contributed by atoms with Gasteiger partial charge in [-0.25, -0.2) is 15.0 Å². The number of anilines is 1. The predicted molar refractivity (Wildman–Crippen MR) is 164 cm³/mol. The van der Waals surface area contributed by atoms with Crippen LogP contribution in [0, 0.1) is 0 Å². The van der Waals surface area contributed by atoms with E-state index < -0.39 is 42.4 Å². The standard InChI is InChI=1S/C27H49F5N5O5PS/c1-24(20-37-22-36-25-26(33)34-21-35-27(25)37)41-23-43(38,39)42-18-15-17-40-16-13-11-9-7-5-3-2-4-6-8-10-12-14-19-44(28,29,30,31)32/h21-22,24H,2-20,23H2,1H3,(H,38,39)(H2,33,34,35)/t24-/m1/s1. The zero-order valence-corrected chi connectivity index (χ0v) is 27.3. The minimum absolute atomic E-state index is 0.0891. The van der Waals surface area contributed by atoms with Crippen molar-refractivity contribution in [3.63, 3.8) is 0 Å². The number of halogens is 5. The van der Waals surface area contributed by atoms with Gasteiger partial charge in [-0.05, 0) is 26.2 Å². The number of rotatable bonds is 26. The van der Waals surface area contributed by atoms with Crippen LogP contribution in [0.3, 0.4) is 0 Å². The van der Waals surface area contributed by atoms with Crippen LogP contribution in [0.4, 0.5) is 25.2 Å². The molecule has 44 heavy (non-hydrogen) atoms. The Labute approximate surface area is 256 Å². The molecule has 0 saturated carbocycles. The fourth-order valence-corrected chi connectivity index (χ4v) is 6.30. The van der Waals surface area contributed by atoms with E-state index in [1.54, 1.807) is 17.8 Å². The third kappa shape index (κ3) is 18.4. The molecular weight excluding hydrogens is 632 g/mol. The molecule has 2 rings (SSSR count). The van der Waals surface area contributed by atoms with Crippen molar-refractivity contribution in [2.45, 2.75) is 109 Å². The van der Waals surface area contributed by atoms with E-state index >= 15 is 0 Å². The van der Waals surface area contributed by atoms with Gasteiger partial charge in [0.1, 0.15) is 18.2 Å². The zero-order chi connectivity index (χ0) is 32.6. The molecular formula is C27H49F5N5O5PS. The van der Waals surface area contributed by atoms with E-state index in [0.717, 1.165) is 64.2 Å². The summed E-state index contributed by atoms with van der Waals surface area (Å²) in [6, 6.07) is 0. The lowest BCUT2D eigenvalue weighted by Gasteiger charge is -2.40. The Bertz CT molecular complexity index is 1160. The van der Waals surface area contributed by atoms with Crippen molar-refractivity contribution in [2.75, 3.05) is 37.7 Å². The Balaban J connectivity index is 1.35. The summed E-state index contributed by atoms with van der Waals surface area (Å²) >= 11 is 0. The highest BCUT2D eigenvalue weighted by atomic mass is 32.5. The van der Waals surface area contributed by atoms with Crippen LogP contribution < -0.4 is 5.73 Å². The van der Waals surface area contributed by atoms with Gasteiger partial charge < -0.3 is 29.2 Å². The van der Waals surface area contributed by atoms with Crippen LogP contribution in [0.5, 0.6) is 0 Å². The van der Waals surface area contributed by atoms with Crippen molar-refractivity contribution in [1.29, 1.82) is 0 Å². The topological polar surface area (TPSA) is 135 Å². The molecule has 10 nitrogen and oxygen atoms in total. The van der Waals surface area contributed by atoms with Gasteiger partial charge >= 0.3 is 7.60 Å². The van der Waals surface area contributed by atoms with Crippen molar-refractivity contribution < 1.29 is 42.9 Å². The SMILES string of the molecule is C[C@H](Cn1cnc2c(N)ncnc21)OCP(=O)(O)OCCCOCCCCCCCCCCCCCCCS(F)(F)(F)(F)F. The summed E-state index contributed by atoms with van der Waals surface area (Å²) < 4.78 is 91.5. The lowest BCUT2D eigenvalue weighted by Crippen LogP contribution is -2.17. The first-order valence-corrected chi connectivity index (χ1v) is 19.2. The van der Waals surface area contributed by atoms with Crippen molar-refractivity contribution in [2.24, 2.45) is 0 Å². The summed E-state index contributed by atoms with van der Waals surface area (Å²) in [5.41, 5.74) is 6.83. The van der Waals surface area contributed by atoms with E-state index in [0.29, 0.717) is 43.8 Å². The first kappa shape index (κ1) is 38.6. The van der Waals surface area contributed by atoms with E-state index in [4.69, 9.17) is 19.7 Å². The molecule has 0 aliphatic rings. The van der Waals surface area contributed by atoms with Gasteiger partial charge in [-0.2, -0.15) is 0 Å². The first-order valence-electron chi connectivity index (χ1n) is 15.3. The van der Waals surface area contributed by atoms with Crippen LogP contribution >= 0.6 is 17.8 Å². The summed E-state index contributed by atoms with van der Waals surface area (Å²) in [6.45, 7) is 3.28. The minimum atomic E-state index is -9.22. The molecule has 0 saturated heterocycles. The zero-order valence-electron chi connectivity index (χ0n) is 25.6. The van der Waals surface area contributed by atoms with E-state index in [2.05, 4.69) is 15.0 Å². The Morgan fingerprint density at radius 2 is 1.39 bits per heavy atom. The van der Waals surface area contributed by atoms with Crippen LogP contribution in [-0.2, 0) is 25.1 Å². The molecule has 3 N–H and O–H groups in total. The van der Waals surface area contributed by atoms with Crippen molar-refractivity contribution >= 4 is 34.8 Å². The number of nitrogens with two attached hydrogens (primary N) is 1. The summed E-state index contributed by atoms with van der Waals surface area (Å²) in [5.74, 6) is -1.66. The van der Waals surface area contributed by atoms with Gasteiger partial charge in [-0.3, -0.25) is 4.57 Å². The molecule has 0 aliphatic heterocycles. The molecule has 0 aliphatic carbocycles. The summed E-state index contributed by atoms with van der Waals surface area (Å²) in [5, 5.41) is 0. The van der Waals surface area contributed by atoms with Crippen LogP contribution in [0.2, 0.25) is 0 Å². The summed E-state index contributed by atoms with van der Waals surface area (Å²) in [4.78, 5) is 22.3. The van der Waals surface area contributed by atoms with Crippen molar-refractivity contribution in [1.82, 2.24) is 19.5 Å². The van der Waals surface area contributed by atoms with Crippen LogP contribution in [0.25, 0.3) is 11.2 Å². The second kappa shape index (κ2) is 17.4. The average Bonchev–Trinajstić information content (AvgIpc) is 3.33. The van der Waals surface area contributed by atoms with Gasteiger partial charge in [0.2, 0.25) is 0 Å². The number of fused-ring (bicyclic) bond motifs is 1. The van der Waals surface area contributed by atoms with E-state index in [1.807, 2.05) is 0 Å². The lowest BCUT2D eigenvalue weighted by atomic mass is 10.0. The second-order valence-electron chi connectivity index (χ2n) is 11.3. The van der Waals surface area contributed by atoms with Crippen LogP contribution in [-0.4, -0.2) is 62.4 Å². The van der Waals surface area contributed by atoms with E-state index in [-0.39, 0.29) is 18.8 Å². The lowest BCUT2D eigenvalue weighted by molar-refractivity contribution is 0.0688. The molecule has 0 amide bonds. The largest absolute Gasteiger partial charge is 0.382 e. The highest BCUT2D eigenvalue weighted by Crippen LogP contribution is 2.97. The first-order chi connectivity index (χ1) is 20.5. The number of hydrogen-bond acceptors (Lipinski definition) is 8. The molecule has 0 aromatic carbocycles. The number of imidazole rings is 1. The fourth-order valence-electron chi connectivity index (χ4n) is 4.61. The van der Waals surface area contributed by atoms with Gasteiger partial charge in [0.15, 0.2) is 11.5 Å². The maximum Gasteiger partial charge on any atom is 0.353 e. The second-order valence-corrected chi connectivity index (χ2v) is 15.8. The number of nitrogen functional groups attached to an aromatic ring is 1. The fraction of sp³-hybridized carbons (Fsp3) is 0.815. The molecule has 0 fully saturated rings. The normalized spacial score (nSPS) is 16.1. The van der Waals surface area contributed by atoms with E-state index in [1.165, 1.54) is 6.33 Å². The van der Waals surface area contributed by atoms with Gasteiger partial charge in [0.25, 0.3) is 10.2 Å². The average molecular weight is 682 g/mol. The summed E-state index contributed by atoms with van der Waals surface area (Å²) in [7, 11) is -13.1. The quantitative estimate of drug-likeness (QED) is 0.0568. The number of aromatic nitrogens is 4. The van der Waals surface area contributed by atoms with Crippen molar-refractivity contribution in [3.8, 4) is 0 Å². The Hall–Kier alpha value is -1.58. The molecule has 2 atom stereocenters. The smallest absolute Gasteiger partial charge is 0.353 e. The number of unbranched alkanes of at least 4 members (excludes halogenated alkanes) is 12. The maximum atomic E-state index is 12.3. The molecule has 2 aromatic rings. The highest BCUT2D eigenvalue weighted by molar-refractivity contribution is 8.45. The Morgan fingerprint density at radius 3 is 1.98 bits per heavy atom. The monoisotopic (exact) mass is 681 g/mol. The van der Waals surface area contributed by atoms with Gasteiger partial charge in [-0.1, -0.05) is 90.1 Å². The molecule has 258 valence electrons. The minimum Gasteiger partial charge on any atom is -0.382 e. The van der Waals surface area contributed by atoms with Gasteiger partial charge in [0, 0.05) is 13.2 Å². The Morgan fingerprint density at radius 1 is 0.841 bits per heavy atom. The molecule has 2 heterocycles. The van der Waals surface area contributed by atoms with Crippen LogP contribution in [0.15, 0.2) is 12.7 Å². The highest BCUT2D eigenvalue weighted by Gasteiger charge is 2.62. The third-order valence-electron chi connectivity index (χ3n) is 6.95. The van der Waals surface area contributed by atoms with Gasteiger partial charge in [-0.15, -0.1) is 0 Å². The molecule has 2 aromatic heterocycles. The number of nitrogens with zero attached hydrogens (tertiary/aromatic N) is 4. The molecule has 0 bridgehead atoms. The van der Waals surface area contributed by atoms with E-state index in [9.17, 15) is 28.9 Å². The molecule has 0 spiro atoms. The van der Waals surface area contributed by atoms with Crippen LogP contribution in [0.1, 0.15) is 96.8 Å². The van der Waals surface area contributed by atoms with Crippen molar-refractivity contribution in [3.05, 3.63) is 12.7 Å². The molecule has 0 radical (unpaired) electrons. The number of ether oxygens (including phenoxy) is 2. The number of hydrogen-bond donors (Lipinski definition) is 2. The Kier molecular flexibility index (Phi) is 15.2. The molecule has 1 unspecified atom stereocenters. The third-order valence-corrected chi connectivity index (χ3v) is 9.07.